The van der Waals surface area contributed by atoms with Crippen LogP contribution in [0.25, 0.3) is 27.7 Å². The fraction of sp³-hybridized carbons (Fsp3) is 0.312. The molecule has 2 aliphatic rings. The second kappa shape index (κ2) is 11.5. The Morgan fingerprint density at radius 3 is 2.64 bits per heavy atom. The van der Waals surface area contributed by atoms with Crippen molar-refractivity contribution in [2.45, 2.75) is 51.5 Å². The first-order chi connectivity index (χ1) is 20.6. The van der Waals surface area contributed by atoms with Crippen LogP contribution < -0.4 is 16.2 Å². The molecule has 0 atom stereocenters. The lowest BCUT2D eigenvalue weighted by atomic mass is 10.0. The van der Waals surface area contributed by atoms with Crippen LogP contribution in [-0.2, 0) is 6.54 Å². The van der Waals surface area contributed by atoms with Gasteiger partial charge in [-0.2, -0.15) is 4.98 Å². The van der Waals surface area contributed by atoms with E-state index in [2.05, 4.69) is 38.8 Å². The number of thiazole rings is 1. The molecule has 1 aliphatic carbocycles. The number of anilines is 2. The van der Waals surface area contributed by atoms with E-state index in [-0.39, 0.29) is 5.56 Å². The van der Waals surface area contributed by atoms with E-state index in [4.69, 9.17) is 15.0 Å². The molecule has 0 amide bonds. The summed E-state index contributed by atoms with van der Waals surface area (Å²) in [6.07, 6.45) is 13.3. The molecule has 42 heavy (non-hydrogen) atoms. The number of aromatic nitrogens is 6. The van der Waals surface area contributed by atoms with E-state index < -0.39 is 0 Å². The lowest BCUT2D eigenvalue weighted by molar-refractivity contribution is 0.664. The van der Waals surface area contributed by atoms with Crippen LogP contribution in [0.15, 0.2) is 65.2 Å². The molecule has 0 unspecified atom stereocenters. The number of benzene rings is 1. The number of hydrogen-bond acceptors (Lipinski definition) is 9. The van der Waals surface area contributed by atoms with Gasteiger partial charge in [0.15, 0.2) is 0 Å². The van der Waals surface area contributed by atoms with Crippen molar-refractivity contribution in [3.8, 4) is 11.1 Å². The zero-order valence-corrected chi connectivity index (χ0v) is 24.3. The van der Waals surface area contributed by atoms with Crippen LogP contribution in [-0.4, -0.2) is 42.6 Å². The molecule has 2 N–H and O–H groups in total. The molecule has 0 spiro atoms. The normalized spacial score (nSPS) is 15.7. The van der Waals surface area contributed by atoms with Crippen LogP contribution in [0.5, 0.6) is 0 Å². The van der Waals surface area contributed by atoms with Gasteiger partial charge >= 0.3 is 0 Å². The lowest BCUT2D eigenvalue weighted by Crippen LogP contribution is -2.24. The molecule has 5 heterocycles. The fourth-order valence-corrected chi connectivity index (χ4v) is 6.54. The molecule has 4 aromatic heterocycles. The average Bonchev–Trinajstić information content (AvgIpc) is 3.75. The highest BCUT2D eigenvalue weighted by atomic mass is 32.1. The highest BCUT2D eigenvalue weighted by Gasteiger charge is 2.22. The average molecular weight is 577 g/mol. The third-order valence-corrected chi connectivity index (χ3v) is 8.95. The summed E-state index contributed by atoms with van der Waals surface area (Å²) in [5.41, 5.74) is 5.96. The third kappa shape index (κ3) is 5.35. The summed E-state index contributed by atoms with van der Waals surface area (Å²) in [5, 5.41) is 10.2. The maximum atomic E-state index is 14.1. The molecule has 7 rings (SSSR count). The van der Waals surface area contributed by atoms with E-state index in [1.54, 1.807) is 17.0 Å². The van der Waals surface area contributed by atoms with Crippen molar-refractivity contribution < 1.29 is 0 Å². The smallest absolute Gasteiger partial charge is 0.260 e. The number of nitrogens with zero attached hydrogens (tertiary/aromatic N) is 6. The van der Waals surface area contributed by atoms with Crippen LogP contribution in [0.4, 0.5) is 11.6 Å². The van der Waals surface area contributed by atoms with E-state index in [0.29, 0.717) is 29.6 Å². The first-order valence-corrected chi connectivity index (χ1v) is 15.4. The summed E-state index contributed by atoms with van der Waals surface area (Å²) in [7, 11) is 0. The third-order valence-electron chi connectivity index (χ3n) is 8.19. The topological polar surface area (TPSA) is 111 Å². The second-order valence-corrected chi connectivity index (χ2v) is 11.9. The Morgan fingerprint density at radius 2 is 1.90 bits per heavy atom. The molecule has 1 saturated carbocycles. The Kier molecular flexibility index (Phi) is 7.31. The van der Waals surface area contributed by atoms with Crippen molar-refractivity contribution in [2.75, 3.05) is 18.4 Å². The fourth-order valence-electron chi connectivity index (χ4n) is 5.94. The van der Waals surface area contributed by atoms with Crippen LogP contribution in [0.2, 0.25) is 0 Å². The van der Waals surface area contributed by atoms with Crippen molar-refractivity contribution in [3.63, 3.8) is 0 Å². The lowest BCUT2D eigenvalue weighted by Gasteiger charge is -2.15. The van der Waals surface area contributed by atoms with Gasteiger partial charge in [0.25, 0.3) is 5.56 Å². The molecule has 1 aromatic carbocycles. The SMILES string of the molecule is Cc1nc(C2CCCC2)ncc1-c1cc2cnc(Nc3ccc(C4=CCNCC4)cc3)nc2n(Cc2nccs2)c1=O. The van der Waals surface area contributed by atoms with E-state index in [1.807, 2.05) is 36.7 Å². The van der Waals surface area contributed by atoms with Gasteiger partial charge in [-0.25, -0.2) is 19.9 Å². The minimum absolute atomic E-state index is 0.151. The highest BCUT2D eigenvalue weighted by Crippen LogP contribution is 2.33. The Hall–Kier alpha value is -4.28. The Balaban J connectivity index is 1.25. The zero-order chi connectivity index (χ0) is 28.5. The van der Waals surface area contributed by atoms with Crippen molar-refractivity contribution in [3.05, 3.63) is 92.8 Å². The number of nitrogens with one attached hydrogen (secondary N) is 2. The van der Waals surface area contributed by atoms with Crippen LogP contribution >= 0.6 is 11.3 Å². The standard InChI is InChI=1S/C32H32N8OS/c1-20-27(18-35-29(37-20)23-4-2-3-5-23)26-16-24-17-36-32(39-30(24)40(31(26)41)19-28-34-14-15-42-28)38-25-8-6-21(7-9-25)22-10-12-33-13-11-22/h6-10,14-18,23,33H,2-5,11-13,19H2,1H3,(H,36,38,39). The van der Waals surface area contributed by atoms with Crippen LogP contribution in [0.1, 0.15) is 60.1 Å². The molecule has 0 radical (unpaired) electrons. The number of hydrogen-bond donors (Lipinski definition) is 2. The summed E-state index contributed by atoms with van der Waals surface area (Å²) in [6, 6.07) is 10.2. The van der Waals surface area contributed by atoms with Crippen molar-refractivity contribution >= 4 is 39.6 Å². The van der Waals surface area contributed by atoms with Gasteiger partial charge in [-0.3, -0.25) is 9.36 Å². The minimum atomic E-state index is -0.151. The van der Waals surface area contributed by atoms with E-state index in [9.17, 15) is 4.79 Å². The highest BCUT2D eigenvalue weighted by molar-refractivity contribution is 7.09. The first-order valence-electron chi connectivity index (χ1n) is 14.5. The van der Waals surface area contributed by atoms with Gasteiger partial charge in [-0.1, -0.05) is 31.1 Å². The van der Waals surface area contributed by atoms with Gasteiger partial charge in [0.1, 0.15) is 16.5 Å². The van der Waals surface area contributed by atoms with Gasteiger partial charge in [0, 0.05) is 58.8 Å². The maximum Gasteiger partial charge on any atom is 0.260 e. The number of rotatable bonds is 7. The van der Waals surface area contributed by atoms with Crippen LogP contribution in [0.3, 0.4) is 0 Å². The Morgan fingerprint density at radius 1 is 1.05 bits per heavy atom. The summed E-state index contributed by atoms with van der Waals surface area (Å²) in [6.45, 7) is 4.18. The van der Waals surface area contributed by atoms with Crippen molar-refractivity contribution in [2.24, 2.45) is 0 Å². The van der Waals surface area contributed by atoms with E-state index in [1.165, 1.54) is 35.3 Å². The van der Waals surface area contributed by atoms with E-state index in [0.717, 1.165) is 65.5 Å². The second-order valence-electron chi connectivity index (χ2n) is 10.9. The molecule has 5 aromatic rings. The molecule has 9 nitrogen and oxygen atoms in total. The van der Waals surface area contributed by atoms with Crippen molar-refractivity contribution in [1.82, 2.24) is 34.8 Å². The summed E-state index contributed by atoms with van der Waals surface area (Å²) < 4.78 is 1.69. The minimum Gasteiger partial charge on any atom is -0.324 e. The monoisotopic (exact) mass is 576 g/mol. The van der Waals surface area contributed by atoms with Gasteiger partial charge in [0.2, 0.25) is 5.95 Å². The van der Waals surface area contributed by atoms with Crippen molar-refractivity contribution in [1.29, 1.82) is 0 Å². The number of aryl methyl sites for hydroxylation is 1. The van der Waals surface area contributed by atoms with Gasteiger partial charge < -0.3 is 10.6 Å². The molecule has 1 fully saturated rings. The predicted molar refractivity (Wildman–Crippen MR) is 167 cm³/mol. The van der Waals surface area contributed by atoms with Gasteiger partial charge in [0.05, 0.1) is 12.1 Å². The molecular weight excluding hydrogens is 544 g/mol. The molecule has 0 bridgehead atoms. The summed E-state index contributed by atoms with van der Waals surface area (Å²) >= 11 is 1.51. The predicted octanol–water partition coefficient (Wildman–Crippen LogP) is 5.84. The number of fused-ring (bicyclic) bond motifs is 1. The van der Waals surface area contributed by atoms with Gasteiger partial charge in [-0.05, 0) is 62.1 Å². The Bertz CT molecular complexity index is 1820. The largest absolute Gasteiger partial charge is 0.324 e. The summed E-state index contributed by atoms with van der Waals surface area (Å²) in [4.78, 5) is 37.5. The quantitative estimate of drug-likeness (QED) is 0.249. The molecular formula is C32H32N8OS. The molecule has 10 heteroatoms. The zero-order valence-electron chi connectivity index (χ0n) is 23.5. The van der Waals surface area contributed by atoms with Crippen LogP contribution in [0, 0.1) is 6.92 Å². The first kappa shape index (κ1) is 26.6. The van der Waals surface area contributed by atoms with Gasteiger partial charge in [-0.15, -0.1) is 11.3 Å². The molecule has 0 saturated heterocycles. The molecule has 212 valence electrons. The Labute approximate surface area is 247 Å². The number of pyridine rings is 1. The summed E-state index contributed by atoms with van der Waals surface area (Å²) in [5.74, 6) is 1.72. The van der Waals surface area contributed by atoms with E-state index >= 15 is 0 Å². The molecule has 1 aliphatic heterocycles. The maximum absolute atomic E-state index is 14.1.